The van der Waals surface area contributed by atoms with E-state index in [4.69, 9.17) is 0 Å². The maximum Gasteiger partial charge on any atom is 0.280 e. The zero-order chi connectivity index (χ0) is 18.7. The molecule has 1 amide bonds. The Balaban J connectivity index is 1.83. The van der Waals surface area contributed by atoms with Gasteiger partial charge < -0.3 is 0 Å². The van der Waals surface area contributed by atoms with E-state index >= 15 is 0 Å². The summed E-state index contributed by atoms with van der Waals surface area (Å²) in [6.07, 6.45) is 1.37. The van der Waals surface area contributed by atoms with E-state index in [1.54, 1.807) is 31.2 Å². The minimum Gasteiger partial charge on any atom is -0.295 e. The number of aromatic nitrogens is 2. The molecule has 3 aromatic rings. The van der Waals surface area contributed by atoms with Crippen LogP contribution in [0.4, 0.5) is 0 Å². The van der Waals surface area contributed by atoms with Crippen LogP contribution in [0.25, 0.3) is 5.69 Å². The Kier molecular flexibility index (Phi) is 4.84. The molecule has 0 fully saturated rings. The van der Waals surface area contributed by atoms with E-state index in [2.05, 4.69) is 15.6 Å². The number of rotatable bonds is 4. The summed E-state index contributed by atoms with van der Waals surface area (Å²) in [6.45, 7) is 5.82. The molecule has 3 rings (SSSR count). The van der Waals surface area contributed by atoms with Crippen molar-refractivity contribution in [3.8, 4) is 5.69 Å². The van der Waals surface area contributed by atoms with Crippen molar-refractivity contribution in [2.75, 3.05) is 0 Å². The Bertz CT molecular complexity index is 1030. The molecule has 0 aliphatic rings. The predicted octanol–water partition coefficient (Wildman–Crippen LogP) is 2.85. The molecule has 2 N–H and O–H groups in total. The number of hydrazone groups is 1. The zero-order valence-electron chi connectivity index (χ0n) is 14.9. The van der Waals surface area contributed by atoms with Gasteiger partial charge in [0, 0.05) is 11.3 Å². The van der Waals surface area contributed by atoms with Crippen LogP contribution in [0.1, 0.15) is 32.7 Å². The second-order valence-corrected chi connectivity index (χ2v) is 6.12. The molecule has 1 heterocycles. The first-order valence-corrected chi connectivity index (χ1v) is 8.25. The molecule has 0 bridgehead atoms. The van der Waals surface area contributed by atoms with E-state index in [1.165, 1.54) is 10.9 Å². The van der Waals surface area contributed by atoms with Gasteiger partial charge in [-0.2, -0.15) is 5.10 Å². The summed E-state index contributed by atoms with van der Waals surface area (Å²) in [7, 11) is 0. The molecular weight excluding hydrogens is 328 g/mol. The van der Waals surface area contributed by atoms with Crippen molar-refractivity contribution in [1.29, 1.82) is 0 Å². The summed E-state index contributed by atoms with van der Waals surface area (Å²) in [6, 6.07) is 14.6. The van der Waals surface area contributed by atoms with Crippen LogP contribution >= 0.6 is 0 Å². The van der Waals surface area contributed by atoms with Crippen molar-refractivity contribution in [1.82, 2.24) is 15.2 Å². The highest BCUT2D eigenvalue weighted by Gasteiger charge is 2.11. The largest absolute Gasteiger partial charge is 0.295 e. The molecular formula is C20H20N4O2. The van der Waals surface area contributed by atoms with E-state index in [0.717, 1.165) is 16.8 Å². The highest BCUT2D eigenvalue weighted by molar-refractivity contribution is 5.94. The quantitative estimate of drug-likeness (QED) is 0.562. The second-order valence-electron chi connectivity index (χ2n) is 6.12. The van der Waals surface area contributed by atoms with Crippen LogP contribution in [-0.4, -0.2) is 21.9 Å². The number of hydrogen-bond acceptors (Lipinski definition) is 3. The van der Waals surface area contributed by atoms with E-state index in [1.807, 2.05) is 38.1 Å². The summed E-state index contributed by atoms with van der Waals surface area (Å²) in [5, 5.41) is 6.97. The van der Waals surface area contributed by atoms with Gasteiger partial charge in [0.15, 0.2) is 0 Å². The Morgan fingerprint density at radius 3 is 2.50 bits per heavy atom. The predicted molar refractivity (Wildman–Crippen MR) is 102 cm³/mol. The molecule has 2 aromatic carbocycles. The molecule has 0 saturated carbocycles. The summed E-state index contributed by atoms with van der Waals surface area (Å²) in [5.41, 5.74) is 6.82. The second kappa shape index (κ2) is 7.23. The van der Waals surface area contributed by atoms with Gasteiger partial charge in [0.05, 0.1) is 17.5 Å². The van der Waals surface area contributed by atoms with Crippen LogP contribution in [0.5, 0.6) is 0 Å². The normalized spacial score (nSPS) is 11.0. The third-order valence-corrected chi connectivity index (χ3v) is 4.26. The van der Waals surface area contributed by atoms with Crippen LogP contribution in [-0.2, 0) is 0 Å². The Morgan fingerprint density at radius 2 is 1.81 bits per heavy atom. The summed E-state index contributed by atoms with van der Waals surface area (Å²) >= 11 is 0. The number of nitrogens with zero attached hydrogens (tertiary/aromatic N) is 2. The fraction of sp³-hybridized carbons (Fsp3) is 0.150. The van der Waals surface area contributed by atoms with Crippen LogP contribution in [0, 0.1) is 20.8 Å². The minimum absolute atomic E-state index is 0.219. The van der Waals surface area contributed by atoms with Crippen molar-refractivity contribution in [2.24, 2.45) is 5.10 Å². The number of carbonyl (C=O) groups excluding carboxylic acids is 1. The lowest BCUT2D eigenvalue weighted by atomic mass is 10.1. The number of amides is 1. The van der Waals surface area contributed by atoms with E-state index in [9.17, 15) is 9.59 Å². The molecule has 0 aliphatic carbocycles. The first-order valence-electron chi connectivity index (χ1n) is 8.25. The fourth-order valence-electron chi connectivity index (χ4n) is 2.57. The highest BCUT2D eigenvalue weighted by atomic mass is 16.2. The van der Waals surface area contributed by atoms with Gasteiger partial charge in [-0.1, -0.05) is 24.3 Å². The number of nitrogens with one attached hydrogen (secondary N) is 2. The smallest absolute Gasteiger partial charge is 0.280 e. The van der Waals surface area contributed by atoms with Crippen molar-refractivity contribution in [2.45, 2.75) is 20.8 Å². The Hall–Kier alpha value is -3.41. The molecule has 0 unspecified atom stereocenters. The maximum atomic E-state index is 12.7. The molecule has 1 aromatic heterocycles. The number of hydrogen-bond donors (Lipinski definition) is 2. The van der Waals surface area contributed by atoms with Gasteiger partial charge in [-0.25, -0.2) is 10.1 Å². The lowest BCUT2D eigenvalue weighted by molar-refractivity contribution is 0.0955. The SMILES string of the molecule is Cc1ccc(-n2[nH]c(C)c(/C=N/NC(=O)c3ccccc3)c2=O)cc1C. The van der Waals surface area contributed by atoms with E-state index < -0.39 is 0 Å². The third kappa shape index (κ3) is 3.49. The number of H-pyrrole nitrogens is 1. The summed E-state index contributed by atoms with van der Waals surface area (Å²) < 4.78 is 1.47. The average Bonchev–Trinajstić information content (AvgIpc) is 2.93. The molecule has 132 valence electrons. The number of benzene rings is 2. The van der Waals surface area contributed by atoms with Crippen LogP contribution < -0.4 is 11.0 Å². The van der Waals surface area contributed by atoms with Gasteiger partial charge in [0.25, 0.3) is 11.5 Å². The van der Waals surface area contributed by atoms with Crippen molar-refractivity contribution in [3.05, 3.63) is 86.8 Å². The average molecular weight is 348 g/mol. The van der Waals surface area contributed by atoms with Crippen molar-refractivity contribution >= 4 is 12.1 Å². The summed E-state index contributed by atoms with van der Waals surface area (Å²) in [4.78, 5) is 24.6. The third-order valence-electron chi connectivity index (χ3n) is 4.26. The molecule has 0 radical (unpaired) electrons. The number of aromatic amines is 1. The van der Waals surface area contributed by atoms with Crippen LogP contribution in [0.15, 0.2) is 58.4 Å². The fourth-order valence-corrected chi connectivity index (χ4v) is 2.57. The number of carbonyl (C=O) groups is 1. The van der Waals surface area contributed by atoms with Gasteiger partial charge in [-0.05, 0) is 56.2 Å². The molecule has 0 saturated heterocycles. The van der Waals surface area contributed by atoms with Crippen molar-refractivity contribution in [3.63, 3.8) is 0 Å². The molecule has 6 heteroatoms. The Morgan fingerprint density at radius 1 is 1.08 bits per heavy atom. The first kappa shape index (κ1) is 17.4. The van der Waals surface area contributed by atoms with Crippen LogP contribution in [0.3, 0.4) is 0 Å². The first-order chi connectivity index (χ1) is 12.5. The van der Waals surface area contributed by atoms with E-state index in [0.29, 0.717) is 16.8 Å². The molecule has 0 spiro atoms. The molecule has 0 atom stereocenters. The molecule has 26 heavy (non-hydrogen) atoms. The molecule has 6 nitrogen and oxygen atoms in total. The lowest BCUT2D eigenvalue weighted by Gasteiger charge is -2.05. The van der Waals surface area contributed by atoms with Crippen LogP contribution in [0.2, 0.25) is 0 Å². The maximum absolute atomic E-state index is 12.7. The van der Waals surface area contributed by atoms with Gasteiger partial charge in [-0.3, -0.25) is 14.7 Å². The standard InChI is InChI=1S/C20H20N4O2/c1-13-9-10-17(11-14(13)2)24-20(26)18(15(3)23-24)12-21-22-19(25)16-7-5-4-6-8-16/h4-12,23H,1-3H3,(H,22,25)/b21-12+. The van der Waals surface area contributed by atoms with Gasteiger partial charge in [0.1, 0.15) is 0 Å². The lowest BCUT2D eigenvalue weighted by Crippen LogP contribution is -2.20. The Labute approximate surface area is 151 Å². The zero-order valence-corrected chi connectivity index (χ0v) is 14.9. The number of aryl methyl sites for hydroxylation is 3. The minimum atomic E-state index is -0.329. The highest BCUT2D eigenvalue weighted by Crippen LogP contribution is 2.12. The van der Waals surface area contributed by atoms with Gasteiger partial charge >= 0.3 is 0 Å². The monoisotopic (exact) mass is 348 g/mol. The molecule has 0 aliphatic heterocycles. The van der Waals surface area contributed by atoms with Crippen molar-refractivity contribution < 1.29 is 4.79 Å². The summed E-state index contributed by atoms with van der Waals surface area (Å²) in [5.74, 6) is -0.329. The van der Waals surface area contributed by atoms with E-state index in [-0.39, 0.29) is 11.5 Å². The van der Waals surface area contributed by atoms with Gasteiger partial charge in [-0.15, -0.1) is 0 Å². The topological polar surface area (TPSA) is 79.2 Å². The van der Waals surface area contributed by atoms with Gasteiger partial charge in [0.2, 0.25) is 0 Å².